The van der Waals surface area contributed by atoms with Crippen molar-refractivity contribution in [3.8, 4) is 0 Å². The third-order valence-electron chi connectivity index (χ3n) is 1.33. The first kappa shape index (κ1) is 6.61. The standard InChI is InChI=1S/C7H12OSi/c1-6-4-5-7(8-6)9(2)3/h4-5,9H,1-3H3. The second-order valence-electron chi connectivity index (χ2n) is 2.60. The summed E-state index contributed by atoms with van der Waals surface area (Å²) in [5.41, 5.74) is 0. The first-order chi connectivity index (χ1) is 4.20. The van der Waals surface area contributed by atoms with Gasteiger partial charge >= 0.3 is 0 Å². The fraction of sp³-hybridized carbons (Fsp3) is 0.429. The summed E-state index contributed by atoms with van der Waals surface area (Å²) in [6.07, 6.45) is 0. The van der Waals surface area contributed by atoms with E-state index in [1.54, 1.807) is 0 Å². The number of hydrogen-bond donors (Lipinski definition) is 0. The lowest BCUT2D eigenvalue weighted by Crippen LogP contribution is -2.19. The Hall–Kier alpha value is -0.503. The minimum Gasteiger partial charge on any atom is -0.472 e. The molecule has 1 heterocycles. The molecule has 0 aliphatic carbocycles. The molecule has 1 aromatic rings. The Bertz CT molecular complexity index is 191. The summed E-state index contributed by atoms with van der Waals surface area (Å²) in [4.78, 5) is 0. The minimum atomic E-state index is -0.675. The van der Waals surface area contributed by atoms with Crippen molar-refractivity contribution in [2.75, 3.05) is 0 Å². The Kier molecular flexibility index (Phi) is 1.76. The molecule has 1 aromatic heterocycles. The topological polar surface area (TPSA) is 13.1 Å². The highest BCUT2D eigenvalue weighted by Crippen LogP contribution is 1.95. The highest BCUT2D eigenvalue weighted by molar-refractivity contribution is 6.69. The van der Waals surface area contributed by atoms with E-state index >= 15 is 0 Å². The Morgan fingerprint density at radius 1 is 1.33 bits per heavy atom. The molecule has 0 saturated heterocycles. The van der Waals surface area contributed by atoms with E-state index in [1.807, 2.05) is 13.0 Å². The summed E-state index contributed by atoms with van der Waals surface area (Å²) in [7, 11) is -0.675. The molecular formula is C7H12OSi. The van der Waals surface area contributed by atoms with Gasteiger partial charge in [0.05, 0.1) is 11.1 Å². The van der Waals surface area contributed by atoms with E-state index in [0.29, 0.717) is 0 Å². The van der Waals surface area contributed by atoms with Gasteiger partial charge in [0.1, 0.15) is 8.80 Å². The van der Waals surface area contributed by atoms with Crippen molar-refractivity contribution in [1.29, 1.82) is 0 Å². The molecule has 1 rings (SSSR count). The van der Waals surface area contributed by atoms with Gasteiger partial charge in [-0.1, -0.05) is 13.1 Å². The van der Waals surface area contributed by atoms with Crippen LogP contribution in [-0.2, 0) is 0 Å². The van der Waals surface area contributed by atoms with Gasteiger partial charge in [-0.2, -0.15) is 0 Å². The molecule has 0 amide bonds. The lowest BCUT2D eigenvalue weighted by atomic mass is 10.5. The molecule has 0 aromatic carbocycles. The third-order valence-corrected chi connectivity index (χ3v) is 2.78. The van der Waals surface area contributed by atoms with Crippen molar-refractivity contribution in [1.82, 2.24) is 0 Å². The molecule has 0 aliphatic rings. The lowest BCUT2D eigenvalue weighted by Gasteiger charge is -1.94. The first-order valence-electron chi connectivity index (χ1n) is 3.26. The van der Waals surface area contributed by atoms with E-state index in [1.165, 1.54) is 5.38 Å². The summed E-state index contributed by atoms with van der Waals surface area (Å²) in [6.45, 7) is 6.51. The molecule has 0 radical (unpaired) electrons. The molecule has 1 nitrogen and oxygen atoms in total. The van der Waals surface area contributed by atoms with Crippen LogP contribution in [0.3, 0.4) is 0 Å². The van der Waals surface area contributed by atoms with Crippen LogP contribution in [0.2, 0.25) is 13.1 Å². The van der Waals surface area contributed by atoms with Crippen LogP contribution in [0.5, 0.6) is 0 Å². The lowest BCUT2D eigenvalue weighted by molar-refractivity contribution is 0.564. The molecule has 0 saturated carbocycles. The van der Waals surface area contributed by atoms with Crippen LogP contribution in [0.4, 0.5) is 0 Å². The van der Waals surface area contributed by atoms with Gasteiger partial charge in [-0.15, -0.1) is 0 Å². The van der Waals surface area contributed by atoms with Crippen LogP contribution in [0.1, 0.15) is 5.76 Å². The van der Waals surface area contributed by atoms with Gasteiger partial charge in [0.15, 0.2) is 0 Å². The van der Waals surface area contributed by atoms with Crippen molar-refractivity contribution < 1.29 is 4.42 Å². The predicted molar refractivity (Wildman–Crippen MR) is 42.0 cm³/mol. The molecule has 0 atom stereocenters. The van der Waals surface area contributed by atoms with E-state index in [9.17, 15) is 0 Å². The predicted octanol–water partition coefficient (Wildman–Crippen LogP) is 1.28. The van der Waals surface area contributed by atoms with Crippen molar-refractivity contribution in [3.05, 3.63) is 17.9 Å². The molecule has 0 spiro atoms. The second-order valence-corrected chi connectivity index (χ2v) is 5.48. The van der Waals surface area contributed by atoms with E-state index in [-0.39, 0.29) is 0 Å². The van der Waals surface area contributed by atoms with Crippen LogP contribution in [0.15, 0.2) is 16.5 Å². The fourth-order valence-corrected chi connectivity index (χ4v) is 1.67. The number of furan rings is 1. The minimum absolute atomic E-state index is 0.675. The molecule has 0 fully saturated rings. The molecule has 0 aliphatic heterocycles. The Labute approximate surface area is 57.3 Å². The Morgan fingerprint density at radius 2 is 2.00 bits per heavy atom. The molecule has 9 heavy (non-hydrogen) atoms. The molecule has 0 bridgehead atoms. The maximum Gasteiger partial charge on any atom is 0.110 e. The maximum atomic E-state index is 5.41. The van der Waals surface area contributed by atoms with Gasteiger partial charge in [-0.25, -0.2) is 0 Å². The zero-order valence-corrected chi connectivity index (χ0v) is 7.29. The monoisotopic (exact) mass is 140 g/mol. The van der Waals surface area contributed by atoms with Crippen molar-refractivity contribution in [2.24, 2.45) is 0 Å². The fourth-order valence-electron chi connectivity index (χ4n) is 0.764. The zero-order valence-electron chi connectivity index (χ0n) is 6.14. The van der Waals surface area contributed by atoms with Gasteiger partial charge in [0.2, 0.25) is 0 Å². The summed E-state index contributed by atoms with van der Waals surface area (Å²) in [6, 6.07) is 4.12. The van der Waals surface area contributed by atoms with E-state index in [0.717, 1.165) is 5.76 Å². The number of rotatable bonds is 1. The SMILES string of the molecule is Cc1ccc([SiH](C)C)o1. The average Bonchev–Trinajstić information content (AvgIpc) is 2.14. The average molecular weight is 140 g/mol. The third kappa shape index (κ3) is 1.45. The summed E-state index contributed by atoms with van der Waals surface area (Å²) in [5, 5.41) is 1.22. The highest BCUT2D eigenvalue weighted by Gasteiger charge is 2.02. The summed E-state index contributed by atoms with van der Waals surface area (Å²) < 4.78 is 5.41. The van der Waals surface area contributed by atoms with Crippen molar-refractivity contribution in [2.45, 2.75) is 20.0 Å². The highest BCUT2D eigenvalue weighted by atomic mass is 28.3. The largest absolute Gasteiger partial charge is 0.472 e. The van der Waals surface area contributed by atoms with Gasteiger partial charge in [-0.05, 0) is 19.1 Å². The zero-order chi connectivity index (χ0) is 6.85. The molecule has 50 valence electrons. The maximum absolute atomic E-state index is 5.41. The van der Waals surface area contributed by atoms with E-state index in [2.05, 4.69) is 19.2 Å². The summed E-state index contributed by atoms with van der Waals surface area (Å²) in [5.74, 6) is 1.03. The molecule has 2 heteroatoms. The Balaban J connectivity index is 2.85. The molecule has 0 N–H and O–H groups in total. The van der Waals surface area contributed by atoms with Crippen LogP contribution in [0, 0.1) is 6.92 Å². The van der Waals surface area contributed by atoms with Gasteiger partial charge in [0.25, 0.3) is 0 Å². The van der Waals surface area contributed by atoms with Crippen LogP contribution >= 0.6 is 0 Å². The van der Waals surface area contributed by atoms with Gasteiger partial charge in [-0.3, -0.25) is 0 Å². The summed E-state index contributed by atoms with van der Waals surface area (Å²) >= 11 is 0. The normalized spacial score (nSPS) is 10.7. The van der Waals surface area contributed by atoms with Crippen LogP contribution in [0.25, 0.3) is 0 Å². The van der Waals surface area contributed by atoms with Crippen molar-refractivity contribution >= 4 is 14.2 Å². The molecular weight excluding hydrogens is 128 g/mol. The number of hydrogen-bond acceptors (Lipinski definition) is 1. The quantitative estimate of drug-likeness (QED) is 0.536. The van der Waals surface area contributed by atoms with Gasteiger partial charge in [0, 0.05) is 0 Å². The Morgan fingerprint density at radius 3 is 2.22 bits per heavy atom. The smallest absolute Gasteiger partial charge is 0.110 e. The molecule has 0 unspecified atom stereocenters. The van der Waals surface area contributed by atoms with Crippen molar-refractivity contribution in [3.63, 3.8) is 0 Å². The second kappa shape index (κ2) is 2.39. The number of aryl methyl sites for hydroxylation is 1. The van der Waals surface area contributed by atoms with Crippen LogP contribution < -0.4 is 5.38 Å². The van der Waals surface area contributed by atoms with E-state index < -0.39 is 8.80 Å². The van der Waals surface area contributed by atoms with Crippen LogP contribution in [-0.4, -0.2) is 8.80 Å². The first-order valence-corrected chi connectivity index (χ1v) is 6.15. The van der Waals surface area contributed by atoms with E-state index in [4.69, 9.17) is 4.42 Å². The van der Waals surface area contributed by atoms with Gasteiger partial charge < -0.3 is 4.42 Å².